The third kappa shape index (κ3) is 5.04. The van der Waals surface area contributed by atoms with E-state index in [0.29, 0.717) is 0 Å². The molecule has 0 radical (unpaired) electrons. The monoisotopic (exact) mass is 276 g/mol. The van der Waals surface area contributed by atoms with Gasteiger partial charge in [-0.05, 0) is 50.4 Å². The summed E-state index contributed by atoms with van der Waals surface area (Å²) in [7, 11) is 0. The first-order valence-corrected chi connectivity index (χ1v) is 7.97. The molecule has 1 aromatic carbocycles. The van der Waals surface area contributed by atoms with Crippen LogP contribution in [0.1, 0.15) is 33.1 Å². The van der Waals surface area contributed by atoms with E-state index in [9.17, 15) is 0 Å². The van der Waals surface area contributed by atoms with Gasteiger partial charge in [-0.15, -0.1) is 0 Å². The van der Waals surface area contributed by atoms with E-state index in [0.717, 1.165) is 43.5 Å². The van der Waals surface area contributed by atoms with Gasteiger partial charge in [-0.1, -0.05) is 19.9 Å². The molecule has 0 bridgehead atoms. The van der Waals surface area contributed by atoms with E-state index in [1.54, 1.807) is 0 Å². The van der Waals surface area contributed by atoms with Crippen LogP contribution in [0.3, 0.4) is 0 Å². The lowest BCUT2D eigenvalue weighted by atomic mass is 9.99. The van der Waals surface area contributed by atoms with Crippen LogP contribution in [0.25, 0.3) is 0 Å². The van der Waals surface area contributed by atoms with Gasteiger partial charge in [-0.2, -0.15) is 0 Å². The van der Waals surface area contributed by atoms with Gasteiger partial charge in [0, 0.05) is 24.8 Å². The molecule has 0 spiro atoms. The zero-order valence-corrected chi connectivity index (χ0v) is 12.9. The Morgan fingerprint density at radius 3 is 2.85 bits per heavy atom. The van der Waals surface area contributed by atoms with Crippen LogP contribution in [0.5, 0.6) is 5.75 Å². The van der Waals surface area contributed by atoms with Crippen LogP contribution in [0.4, 0.5) is 5.69 Å². The fourth-order valence-electron chi connectivity index (χ4n) is 2.56. The molecule has 0 aromatic heterocycles. The van der Waals surface area contributed by atoms with E-state index in [1.807, 2.05) is 6.07 Å². The Hall–Kier alpha value is -1.22. The van der Waals surface area contributed by atoms with E-state index < -0.39 is 0 Å². The van der Waals surface area contributed by atoms with E-state index in [2.05, 4.69) is 42.3 Å². The SMILES string of the molecule is CCCOc1cccc(NCCN2CCC(C)CC2)c1. The summed E-state index contributed by atoms with van der Waals surface area (Å²) in [6.07, 6.45) is 3.74. The molecule has 1 fully saturated rings. The summed E-state index contributed by atoms with van der Waals surface area (Å²) in [6.45, 7) is 9.91. The van der Waals surface area contributed by atoms with Gasteiger partial charge in [0.05, 0.1) is 6.61 Å². The highest BCUT2D eigenvalue weighted by Crippen LogP contribution is 2.18. The van der Waals surface area contributed by atoms with Gasteiger partial charge in [-0.25, -0.2) is 0 Å². The van der Waals surface area contributed by atoms with Crippen molar-refractivity contribution in [3.8, 4) is 5.75 Å². The fourth-order valence-corrected chi connectivity index (χ4v) is 2.56. The van der Waals surface area contributed by atoms with Gasteiger partial charge >= 0.3 is 0 Å². The highest BCUT2D eigenvalue weighted by atomic mass is 16.5. The molecule has 0 atom stereocenters. The van der Waals surface area contributed by atoms with Crippen LogP contribution >= 0.6 is 0 Å². The lowest BCUT2D eigenvalue weighted by molar-refractivity contribution is 0.199. The number of hydrogen-bond donors (Lipinski definition) is 1. The van der Waals surface area contributed by atoms with Gasteiger partial charge < -0.3 is 15.0 Å². The summed E-state index contributed by atoms with van der Waals surface area (Å²) >= 11 is 0. The maximum absolute atomic E-state index is 5.65. The van der Waals surface area contributed by atoms with Crippen molar-refractivity contribution in [2.75, 3.05) is 38.1 Å². The van der Waals surface area contributed by atoms with Gasteiger partial charge in [0.2, 0.25) is 0 Å². The van der Waals surface area contributed by atoms with Crippen LogP contribution in [0, 0.1) is 5.92 Å². The molecule has 1 saturated heterocycles. The Bertz CT molecular complexity index is 386. The summed E-state index contributed by atoms with van der Waals surface area (Å²) in [5.74, 6) is 1.87. The van der Waals surface area contributed by atoms with Crippen LogP contribution in [0.2, 0.25) is 0 Å². The normalized spacial score (nSPS) is 17.1. The molecule has 1 heterocycles. The van der Waals surface area contributed by atoms with Gasteiger partial charge in [0.25, 0.3) is 0 Å². The fraction of sp³-hybridized carbons (Fsp3) is 0.647. The number of nitrogens with one attached hydrogen (secondary N) is 1. The molecule has 0 unspecified atom stereocenters. The highest BCUT2D eigenvalue weighted by molar-refractivity contribution is 5.48. The Labute approximate surface area is 123 Å². The first-order chi connectivity index (χ1) is 9.78. The Kier molecular flexibility index (Phi) is 6.19. The Balaban J connectivity index is 1.70. The number of ether oxygens (including phenoxy) is 1. The number of likely N-dealkylation sites (tertiary alicyclic amines) is 1. The summed E-state index contributed by atoms with van der Waals surface area (Å²) in [5, 5.41) is 3.50. The Morgan fingerprint density at radius 1 is 1.30 bits per heavy atom. The predicted octanol–water partition coefficient (Wildman–Crippen LogP) is 3.62. The molecule has 1 aliphatic rings. The number of hydrogen-bond acceptors (Lipinski definition) is 3. The second-order valence-electron chi connectivity index (χ2n) is 5.83. The topological polar surface area (TPSA) is 24.5 Å². The number of benzene rings is 1. The quantitative estimate of drug-likeness (QED) is 0.823. The first-order valence-electron chi connectivity index (χ1n) is 7.97. The van der Waals surface area contributed by atoms with Crippen molar-refractivity contribution in [2.24, 2.45) is 5.92 Å². The van der Waals surface area contributed by atoms with Crippen molar-refractivity contribution < 1.29 is 4.74 Å². The number of rotatable bonds is 7. The average Bonchev–Trinajstić information content (AvgIpc) is 2.48. The maximum Gasteiger partial charge on any atom is 0.121 e. The molecule has 1 N–H and O–H groups in total. The van der Waals surface area contributed by atoms with E-state index in [4.69, 9.17) is 4.74 Å². The second kappa shape index (κ2) is 8.15. The summed E-state index contributed by atoms with van der Waals surface area (Å²) in [4.78, 5) is 2.56. The van der Waals surface area contributed by atoms with Crippen LogP contribution < -0.4 is 10.1 Å². The van der Waals surface area contributed by atoms with E-state index >= 15 is 0 Å². The standard InChI is InChI=1S/C17H28N2O/c1-3-13-20-17-6-4-5-16(14-17)18-9-12-19-10-7-15(2)8-11-19/h4-6,14-15,18H,3,7-13H2,1-2H3. The van der Waals surface area contributed by atoms with E-state index in [-0.39, 0.29) is 0 Å². The molecule has 3 heteroatoms. The van der Waals surface area contributed by atoms with Crippen LogP contribution in [-0.4, -0.2) is 37.7 Å². The molecule has 0 aliphatic carbocycles. The van der Waals surface area contributed by atoms with Crippen molar-refractivity contribution >= 4 is 5.69 Å². The minimum absolute atomic E-state index is 0.787. The van der Waals surface area contributed by atoms with Crippen molar-refractivity contribution in [1.29, 1.82) is 0 Å². The molecule has 2 rings (SSSR count). The third-order valence-electron chi connectivity index (χ3n) is 3.94. The number of piperidine rings is 1. The molecule has 0 amide bonds. The van der Waals surface area contributed by atoms with Gasteiger partial charge in [0.15, 0.2) is 0 Å². The molecular weight excluding hydrogens is 248 g/mol. The van der Waals surface area contributed by atoms with Crippen molar-refractivity contribution in [1.82, 2.24) is 4.90 Å². The van der Waals surface area contributed by atoms with Crippen molar-refractivity contribution in [3.05, 3.63) is 24.3 Å². The molecule has 112 valence electrons. The van der Waals surface area contributed by atoms with Gasteiger partial charge in [0.1, 0.15) is 5.75 Å². The minimum Gasteiger partial charge on any atom is -0.494 e. The molecule has 0 saturated carbocycles. The average molecular weight is 276 g/mol. The van der Waals surface area contributed by atoms with E-state index in [1.165, 1.54) is 25.9 Å². The molecular formula is C17H28N2O. The third-order valence-corrected chi connectivity index (χ3v) is 3.94. The maximum atomic E-state index is 5.65. The highest BCUT2D eigenvalue weighted by Gasteiger charge is 2.14. The Morgan fingerprint density at radius 2 is 2.10 bits per heavy atom. The number of nitrogens with zero attached hydrogens (tertiary/aromatic N) is 1. The second-order valence-corrected chi connectivity index (χ2v) is 5.83. The number of anilines is 1. The largest absolute Gasteiger partial charge is 0.494 e. The molecule has 1 aromatic rings. The molecule has 1 aliphatic heterocycles. The lowest BCUT2D eigenvalue weighted by Gasteiger charge is -2.30. The van der Waals surface area contributed by atoms with Crippen LogP contribution in [-0.2, 0) is 0 Å². The summed E-state index contributed by atoms with van der Waals surface area (Å²) in [5.41, 5.74) is 1.16. The zero-order valence-electron chi connectivity index (χ0n) is 12.9. The van der Waals surface area contributed by atoms with Crippen LogP contribution in [0.15, 0.2) is 24.3 Å². The first kappa shape index (κ1) is 15.2. The van der Waals surface area contributed by atoms with Crippen molar-refractivity contribution in [2.45, 2.75) is 33.1 Å². The van der Waals surface area contributed by atoms with Gasteiger partial charge in [-0.3, -0.25) is 0 Å². The van der Waals surface area contributed by atoms with Crippen molar-refractivity contribution in [3.63, 3.8) is 0 Å². The summed E-state index contributed by atoms with van der Waals surface area (Å²) < 4.78 is 5.65. The molecule has 3 nitrogen and oxygen atoms in total. The predicted molar refractivity (Wildman–Crippen MR) is 85.6 cm³/mol. The molecule has 20 heavy (non-hydrogen) atoms. The lowest BCUT2D eigenvalue weighted by Crippen LogP contribution is -2.36. The summed E-state index contributed by atoms with van der Waals surface area (Å²) in [6, 6.07) is 8.27. The minimum atomic E-state index is 0.787. The smallest absolute Gasteiger partial charge is 0.121 e. The zero-order chi connectivity index (χ0) is 14.2.